The van der Waals surface area contributed by atoms with E-state index in [9.17, 15) is 14.9 Å². The van der Waals surface area contributed by atoms with Crippen LogP contribution < -0.4 is 10.1 Å². The maximum atomic E-state index is 11.9. The minimum Gasteiger partial charge on any atom is -0.482 e. The van der Waals surface area contributed by atoms with Gasteiger partial charge < -0.3 is 10.1 Å². The van der Waals surface area contributed by atoms with Crippen LogP contribution >= 0.6 is 23.2 Å². The first-order chi connectivity index (χ1) is 10.9. The van der Waals surface area contributed by atoms with Crippen LogP contribution in [0.1, 0.15) is 5.56 Å². The summed E-state index contributed by atoms with van der Waals surface area (Å²) in [5, 5.41) is 13.9. The summed E-state index contributed by atoms with van der Waals surface area (Å²) in [4.78, 5) is 25.8. The van der Waals surface area contributed by atoms with Crippen molar-refractivity contribution in [3.8, 4) is 5.75 Å². The lowest BCUT2D eigenvalue weighted by Gasteiger charge is -2.09. The summed E-state index contributed by atoms with van der Waals surface area (Å²) in [7, 11) is 0. The lowest BCUT2D eigenvalue weighted by atomic mass is 10.2. The summed E-state index contributed by atoms with van der Waals surface area (Å²) in [5.74, 6) is 0.0754. The maximum Gasteiger partial charge on any atom is 0.287 e. The Morgan fingerprint density at radius 2 is 2.13 bits per heavy atom. The van der Waals surface area contributed by atoms with E-state index in [-0.39, 0.29) is 23.1 Å². The molecule has 0 unspecified atom stereocenters. The zero-order valence-corrected chi connectivity index (χ0v) is 13.4. The minimum absolute atomic E-state index is 0.148. The number of rotatable bonds is 5. The van der Waals surface area contributed by atoms with E-state index in [1.54, 1.807) is 19.1 Å². The number of pyridine rings is 1. The van der Waals surface area contributed by atoms with E-state index in [0.717, 1.165) is 6.20 Å². The molecule has 0 saturated heterocycles. The Hall–Kier alpha value is -2.38. The number of anilines is 1. The Balaban J connectivity index is 1.98. The van der Waals surface area contributed by atoms with E-state index < -0.39 is 10.8 Å². The molecule has 0 spiro atoms. The number of carbonyl (C=O) groups excluding carboxylic acids is 1. The monoisotopic (exact) mass is 355 g/mol. The molecule has 2 aromatic rings. The molecule has 0 atom stereocenters. The van der Waals surface area contributed by atoms with Gasteiger partial charge in [0.15, 0.2) is 6.61 Å². The van der Waals surface area contributed by atoms with E-state index in [0.29, 0.717) is 16.3 Å². The van der Waals surface area contributed by atoms with Crippen LogP contribution in [-0.2, 0) is 4.79 Å². The Bertz CT molecular complexity index is 768. The molecule has 0 fully saturated rings. The van der Waals surface area contributed by atoms with E-state index in [1.165, 1.54) is 12.1 Å². The van der Waals surface area contributed by atoms with Crippen molar-refractivity contribution in [2.75, 3.05) is 11.9 Å². The van der Waals surface area contributed by atoms with E-state index in [4.69, 9.17) is 27.9 Å². The van der Waals surface area contributed by atoms with Crippen LogP contribution in [0.5, 0.6) is 5.75 Å². The van der Waals surface area contributed by atoms with Crippen molar-refractivity contribution in [3.05, 3.63) is 56.2 Å². The Morgan fingerprint density at radius 1 is 1.39 bits per heavy atom. The molecule has 7 nitrogen and oxygen atoms in total. The Kier molecular flexibility index (Phi) is 5.36. The highest BCUT2D eigenvalue weighted by Gasteiger charge is 2.12. The lowest BCUT2D eigenvalue weighted by molar-refractivity contribution is -0.385. The number of halogens is 2. The smallest absolute Gasteiger partial charge is 0.287 e. The van der Waals surface area contributed by atoms with Crippen molar-refractivity contribution in [3.63, 3.8) is 0 Å². The van der Waals surface area contributed by atoms with Gasteiger partial charge in [-0.25, -0.2) is 4.98 Å². The average molecular weight is 356 g/mol. The van der Waals surface area contributed by atoms with E-state index in [1.807, 2.05) is 0 Å². The van der Waals surface area contributed by atoms with E-state index in [2.05, 4.69) is 10.3 Å². The minimum atomic E-state index is -0.558. The first-order valence-corrected chi connectivity index (χ1v) is 7.11. The second-order valence-electron chi connectivity index (χ2n) is 4.53. The number of aromatic nitrogens is 1. The first kappa shape index (κ1) is 17.0. The van der Waals surface area contributed by atoms with Crippen LogP contribution in [0.3, 0.4) is 0 Å². The normalized spacial score (nSPS) is 10.2. The molecule has 9 heteroatoms. The summed E-state index contributed by atoms with van der Waals surface area (Å²) in [6, 6.07) is 5.95. The summed E-state index contributed by atoms with van der Waals surface area (Å²) < 4.78 is 5.29. The maximum absolute atomic E-state index is 11.9. The zero-order valence-electron chi connectivity index (χ0n) is 11.9. The van der Waals surface area contributed by atoms with Crippen LogP contribution in [0.25, 0.3) is 0 Å². The molecule has 1 aromatic carbocycles. The van der Waals surface area contributed by atoms with Gasteiger partial charge in [-0.15, -0.1) is 0 Å². The van der Waals surface area contributed by atoms with Crippen molar-refractivity contribution >= 4 is 40.6 Å². The van der Waals surface area contributed by atoms with E-state index >= 15 is 0 Å². The van der Waals surface area contributed by atoms with Gasteiger partial charge in [-0.05, 0) is 30.7 Å². The van der Waals surface area contributed by atoms with Gasteiger partial charge in [0.25, 0.3) is 11.6 Å². The largest absolute Gasteiger partial charge is 0.482 e. The lowest BCUT2D eigenvalue weighted by Crippen LogP contribution is -2.21. The van der Waals surface area contributed by atoms with Crippen molar-refractivity contribution < 1.29 is 14.5 Å². The number of aryl methyl sites for hydroxylation is 1. The molecule has 0 saturated carbocycles. The first-order valence-electron chi connectivity index (χ1n) is 6.35. The summed E-state index contributed by atoms with van der Waals surface area (Å²) >= 11 is 11.7. The van der Waals surface area contributed by atoms with Crippen molar-refractivity contribution in [1.29, 1.82) is 0 Å². The zero-order chi connectivity index (χ0) is 17.0. The predicted molar refractivity (Wildman–Crippen MR) is 86.2 cm³/mol. The molecule has 0 radical (unpaired) electrons. The van der Waals surface area contributed by atoms with Gasteiger partial charge in [0, 0.05) is 11.1 Å². The fourth-order valence-electron chi connectivity index (χ4n) is 1.69. The molecule has 0 aliphatic carbocycles. The number of benzene rings is 1. The number of carbonyl (C=O) groups is 1. The molecule has 120 valence electrons. The number of ether oxygens (including phenoxy) is 1. The Morgan fingerprint density at radius 3 is 2.74 bits per heavy atom. The van der Waals surface area contributed by atoms with Crippen LogP contribution in [0.4, 0.5) is 11.5 Å². The number of hydrogen-bond acceptors (Lipinski definition) is 5. The van der Waals surface area contributed by atoms with Gasteiger partial charge >= 0.3 is 0 Å². The molecule has 1 amide bonds. The molecule has 0 bridgehead atoms. The van der Waals surface area contributed by atoms with Gasteiger partial charge in [-0.2, -0.15) is 0 Å². The number of nitro groups is 1. The van der Waals surface area contributed by atoms with Gasteiger partial charge in [0.05, 0.1) is 9.95 Å². The highest BCUT2D eigenvalue weighted by atomic mass is 35.5. The molecule has 1 aromatic heterocycles. The second kappa shape index (κ2) is 7.26. The molecule has 23 heavy (non-hydrogen) atoms. The SMILES string of the molecule is Cc1cc([N+](=O)[O-])cnc1NC(=O)COc1ccc(Cl)cc1Cl. The molecule has 2 rings (SSSR count). The third-order valence-corrected chi connectivity index (χ3v) is 3.32. The quantitative estimate of drug-likeness (QED) is 0.652. The summed E-state index contributed by atoms with van der Waals surface area (Å²) in [6.45, 7) is 1.31. The molecule has 0 aliphatic heterocycles. The fourth-order valence-corrected chi connectivity index (χ4v) is 2.16. The highest BCUT2D eigenvalue weighted by Crippen LogP contribution is 2.27. The summed E-state index contributed by atoms with van der Waals surface area (Å²) in [5.41, 5.74) is 0.321. The van der Waals surface area contributed by atoms with Gasteiger partial charge in [0.1, 0.15) is 17.8 Å². The molecule has 1 N–H and O–H groups in total. The fraction of sp³-hybridized carbons (Fsp3) is 0.143. The van der Waals surface area contributed by atoms with Crippen LogP contribution in [-0.4, -0.2) is 22.4 Å². The second-order valence-corrected chi connectivity index (χ2v) is 5.37. The standard InChI is InChI=1S/C14H11Cl2N3O4/c1-8-4-10(19(21)22)6-17-14(8)18-13(20)7-23-12-3-2-9(15)5-11(12)16/h2-6H,7H2,1H3,(H,17,18,20). The predicted octanol–water partition coefficient (Wildman–Crippen LogP) is 3.62. The van der Waals surface area contributed by atoms with Gasteiger partial charge in [0.2, 0.25) is 0 Å². The average Bonchev–Trinajstić information content (AvgIpc) is 2.48. The number of amides is 1. The van der Waals surface area contributed by atoms with Crippen LogP contribution in [0, 0.1) is 17.0 Å². The van der Waals surface area contributed by atoms with Crippen molar-refractivity contribution in [1.82, 2.24) is 4.98 Å². The van der Waals surface area contributed by atoms with Crippen LogP contribution in [0.15, 0.2) is 30.5 Å². The summed E-state index contributed by atoms with van der Waals surface area (Å²) in [6.07, 6.45) is 1.07. The number of nitrogens with zero attached hydrogens (tertiary/aromatic N) is 2. The topological polar surface area (TPSA) is 94.4 Å². The van der Waals surface area contributed by atoms with Crippen molar-refractivity contribution in [2.45, 2.75) is 6.92 Å². The van der Waals surface area contributed by atoms with Gasteiger partial charge in [-0.3, -0.25) is 14.9 Å². The molecule has 1 heterocycles. The van der Waals surface area contributed by atoms with Crippen molar-refractivity contribution in [2.24, 2.45) is 0 Å². The third-order valence-electron chi connectivity index (χ3n) is 2.79. The third kappa shape index (κ3) is 4.54. The van der Waals surface area contributed by atoms with Crippen LogP contribution in [0.2, 0.25) is 10.0 Å². The number of nitrogens with one attached hydrogen (secondary N) is 1. The number of hydrogen-bond donors (Lipinski definition) is 1. The molecule has 0 aliphatic rings. The molecular formula is C14H11Cl2N3O4. The Labute approximate surface area is 141 Å². The molecular weight excluding hydrogens is 345 g/mol. The van der Waals surface area contributed by atoms with Gasteiger partial charge in [-0.1, -0.05) is 23.2 Å². The highest BCUT2D eigenvalue weighted by molar-refractivity contribution is 6.35.